The molecule has 0 saturated heterocycles. The van der Waals surface area contributed by atoms with Crippen LogP contribution in [0.25, 0.3) is 16.7 Å². The topological polar surface area (TPSA) is 84.7 Å². The Kier molecular flexibility index (Phi) is 5.88. The van der Waals surface area contributed by atoms with Crippen molar-refractivity contribution in [1.82, 2.24) is 25.1 Å². The van der Waals surface area contributed by atoms with E-state index in [4.69, 9.17) is 0 Å². The second-order valence-electron chi connectivity index (χ2n) is 7.16. The predicted octanol–water partition coefficient (Wildman–Crippen LogP) is 3.67. The van der Waals surface area contributed by atoms with Crippen molar-refractivity contribution in [1.29, 1.82) is 0 Å². The molecule has 2 heterocycles. The number of carbonyl (C=O) groups excluding carboxylic acids is 1. The van der Waals surface area contributed by atoms with Gasteiger partial charge in [0.25, 0.3) is 5.91 Å². The number of rotatable bonds is 7. The van der Waals surface area contributed by atoms with E-state index in [0.717, 1.165) is 16.7 Å². The van der Waals surface area contributed by atoms with Crippen molar-refractivity contribution in [2.45, 2.75) is 20.3 Å². The smallest absolute Gasteiger partial charge is 0.251 e. The second kappa shape index (κ2) is 8.91. The number of anilines is 1. The highest BCUT2D eigenvalue weighted by Crippen LogP contribution is 2.23. The van der Waals surface area contributed by atoms with Crippen molar-refractivity contribution in [3.05, 3.63) is 77.5 Å². The molecule has 0 aliphatic carbocycles. The van der Waals surface area contributed by atoms with E-state index >= 15 is 0 Å². The number of halogens is 1. The van der Waals surface area contributed by atoms with Crippen LogP contribution < -0.4 is 10.6 Å². The van der Waals surface area contributed by atoms with Gasteiger partial charge < -0.3 is 10.6 Å². The Hall–Kier alpha value is -3.81. The third-order valence-electron chi connectivity index (χ3n) is 4.88. The van der Waals surface area contributed by atoms with Crippen LogP contribution in [0, 0.1) is 12.7 Å². The molecule has 7 nitrogen and oxygen atoms in total. The summed E-state index contributed by atoms with van der Waals surface area (Å²) < 4.78 is 14.8. The van der Waals surface area contributed by atoms with E-state index in [1.54, 1.807) is 10.9 Å². The van der Waals surface area contributed by atoms with Gasteiger partial charge in [0.1, 0.15) is 17.5 Å². The molecule has 31 heavy (non-hydrogen) atoms. The highest BCUT2D eigenvalue weighted by atomic mass is 19.1. The lowest BCUT2D eigenvalue weighted by atomic mass is 10.2. The SMILES string of the molecule is CCc1nc(NCCNC(=O)c2ccc(F)cc2)c2cnn(-c3ccc(C)cc3)c2n1. The zero-order valence-corrected chi connectivity index (χ0v) is 17.4. The van der Waals surface area contributed by atoms with Crippen LogP contribution in [-0.2, 0) is 6.42 Å². The normalized spacial score (nSPS) is 10.9. The molecular formula is C23H23FN6O. The molecule has 4 rings (SSSR count). The van der Waals surface area contributed by atoms with Gasteiger partial charge in [-0.2, -0.15) is 5.10 Å². The van der Waals surface area contributed by atoms with Gasteiger partial charge in [-0.3, -0.25) is 4.79 Å². The highest BCUT2D eigenvalue weighted by Gasteiger charge is 2.13. The molecule has 8 heteroatoms. The molecule has 2 aromatic carbocycles. The van der Waals surface area contributed by atoms with Crippen molar-refractivity contribution in [2.75, 3.05) is 18.4 Å². The maximum absolute atomic E-state index is 13.0. The summed E-state index contributed by atoms with van der Waals surface area (Å²) in [6.45, 7) is 4.90. The zero-order valence-electron chi connectivity index (χ0n) is 17.4. The Morgan fingerprint density at radius 2 is 1.77 bits per heavy atom. The van der Waals surface area contributed by atoms with Gasteiger partial charge in [-0.1, -0.05) is 24.6 Å². The van der Waals surface area contributed by atoms with Gasteiger partial charge >= 0.3 is 0 Å². The first kappa shape index (κ1) is 20.5. The lowest BCUT2D eigenvalue weighted by Gasteiger charge is -2.10. The summed E-state index contributed by atoms with van der Waals surface area (Å²) in [5.41, 5.74) is 3.25. The van der Waals surface area contributed by atoms with Crippen molar-refractivity contribution >= 4 is 22.8 Å². The number of hydrogen-bond donors (Lipinski definition) is 2. The molecule has 4 aromatic rings. The van der Waals surface area contributed by atoms with Crippen LogP contribution in [0.1, 0.15) is 28.7 Å². The molecule has 2 N–H and O–H groups in total. The average Bonchev–Trinajstić information content (AvgIpc) is 3.21. The van der Waals surface area contributed by atoms with E-state index in [0.29, 0.717) is 36.7 Å². The largest absolute Gasteiger partial charge is 0.368 e. The fraction of sp³-hybridized carbons (Fsp3) is 0.217. The van der Waals surface area contributed by atoms with Crippen LogP contribution in [0.4, 0.5) is 10.2 Å². The Morgan fingerprint density at radius 1 is 1.03 bits per heavy atom. The monoisotopic (exact) mass is 418 g/mol. The Labute approximate surface area is 179 Å². The number of fused-ring (bicyclic) bond motifs is 1. The number of hydrogen-bond acceptors (Lipinski definition) is 5. The predicted molar refractivity (Wildman–Crippen MR) is 118 cm³/mol. The summed E-state index contributed by atoms with van der Waals surface area (Å²) >= 11 is 0. The lowest BCUT2D eigenvalue weighted by molar-refractivity contribution is 0.0955. The van der Waals surface area contributed by atoms with Crippen molar-refractivity contribution < 1.29 is 9.18 Å². The maximum atomic E-state index is 13.0. The Morgan fingerprint density at radius 3 is 2.48 bits per heavy atom. The summed E-state index contributed by atoms with van der Waals surface area (Å²) in [5.74, 6) is 0.760. The molecule has 0 unspecified atom stereocenters. The van der Waals surface area contributed by atoms with E-state index in [1.165, 1.54) is 29.8 Å². The fourth-order valence-corrected chi connectivity index (χ4v) is 3.18. The first-order valence-electron chi connectivity index (χ1n) is 10.1. The standard InChI is InChI=1S/C23H23FN6O/c1-3-20-28-21(25-12-13-26-23(31)16-6-8-17(24)9-7-16)19-14-27-30(22(19)29-20)18-10-4-15(2)5-11-18/h4-11,14H,3,12-13H2,1-2H3,(H,26,31)(H,25,28,29). The number of amides is 1. The molecule has 2 aromatic heterocycles. The molecule has 0 aliphatic heterocycles. The van der Waals surface area contributed by atoms with E-state index in [9.17, 15) is 9.18 Å². The minimum atomic E-state index is -0.371. The molecule has 0 aliphatic rings. The number of aryl methyl sites for hydroxylation is 2. The van der Waals surface area contributed by atoms with Gasteiger partial charge in [-0.15, -0.1) is 0 Å². The maximum Gasteiger partial charge on any atom is 0.251 e. The number of nitrogens with zero attached hydrogens (tertiary/aromatic N) is 4. The minimum absolute atomic E-state index is 0.254. The van der Waals surface area contributed by atoms with Crippen LogP contribution in [-0.4, -0.2) is 38.7 Å². The molecule has 158 valence electrons. The van der Waals surface area contributed by atoms with Gasteiger partial charge in [-0.05, 0) is 43.3 Å². The number of carbonyl (C=O) groups is 1. The van der Waals surface area contributed by atoms with Crippen LogP contribution in [0.2, 0.25) is 0 Å². The zero-order chi connectivity index (χ0) is 21.8. The molecule has 0 atom stereocenters. The van der Waals surface area contributed by atoms with Crippen LogP contribution >= 0.6 is 0 Å². The van der Waals surface area contributed by atoms with E-state index < -0.39 is 0 Å². The molecule has 0 radical (unpaired) electrons. The number of benzene rings is 2. The minimum Gasteiger partial charge on any atom is -0.368 e. The average molecular weight is 418 g/mol. The summed E-state index contributed by atoms with van der Waals surface area (Å²) in [6.07, 6.45) is 2.43. The van der Waals surface area contributed by atoms with E-state index in [-0.39, 0.29) is 11.7 Å². The first-order valence-corrected chi connectivity index (χ1v) is 10.1. The molecule has 0 saturated carbocycles. The summed E-state index contributed by atoms with van der Waals surface area (Å²) in [7, 11) is 0. The quantitative estimate of drug-likeness (QED) is 0.448. The van der Waals surface area contributed by atoms with Crippen molar-refractivity contribution in [3.8, 4) is 5.69 Å². The second-order valence-corrected chi connectivity index (χ2v) is 7.16. The van der Waals surface area contributed by atoms with E-state index in [2.05, 4.69) is 25.7 Å². The van der Waals surface area contributed by atoms with Gasteiger partial charge in [0, 0.05) is 25.1 Å². The number of nitrogens with one attached hydrogen (secondary N) is 2. The summed E-state index contributed by atoms with van der Waals surface area (Å²) in [5, 5.41) is 11.4. The van der Waals surface area contributed by atoms with Crippen LogP contribution in [0.15, 0.2) is 54.7 Å². The van der Waals surface area contributed by atoms with Crippen LogP contribution in [0.5, 0.6) is 0 Å². The lowest BCUT2D eigenvalue weighted by Crippen LogP contribution is -2.29. The first-order chi connectivity index (χ1) is 15.0. The van der Waals surface area contributed by atoms with Gasteiger partial charge in [0.2, 0.25) is 0 Å². The molecule has 0 spiro atoms. The van der Waals surface area contributed by atoms with Crippen molar-refractivity contribution in [2.24, 2.45) is 0 Å². The molecular weight excluding hydrogens is 395 g/mol. The molecule has 1 amide bonds. The van der Waals surface area contributed by atoms with Crippen LogP contribution in [0.3, 0.4) is 0 Å². The summed E-state index contributed by atoms with van der Waals surface area (Å²) in [4.78, 5) is 21.4. The van der Waals surface area contributed by atoms with Gasteiger partial charge in [0.05, 0.1) is 17.3 Å². The summed E-state index contributed by atoms with van der Waals surface area (Å²) in [6, 6.07) is 13.5. The van der Waals surface area contributed by atoms with Gasteiger partial charge in [-0.25, -0.2) is 19.0 Å². The third kappa shape index (κ3) is 4.53. The Balaban J connectivity index is 1.49. The Bertz CT molecular complexity index is 1200. The highest BCUT2D eigenvalue weighted by molar-refractivity contribution is 5.94. The van der Waals surface area contributed by atoms with E-state index in [1.807, 2.05) is 38.1 Å². The third-order valence-corrected chi connectivity index (χ3v) is 4.88. The molecule has 0 bridgehead atoms. The van der Waals surface area contributed by atoms with Crippen molar-refractivity contribution in [3.63, 3.8) is 0 Å². The van der Waals surface area contributed by atoms with Gasteiger partial charge in [0.15, 0.2) is 5.65 Å². The fourth-order valence-electron chi connectivity index (χ4n) is 3.18. The molecule has 0 fully saturated rings. The number of aromatic nitrogens is 4.